The molecule has 8 nitrogen and oxygen atoms in total. The van der Waals surface area contributed by atoms with E-state index < -0.39 is 5.60 Å². The second-order valence-electron chi connectivity index (χ2n) is 7.62. The summed E-state index contributed by atoms with van der Waals surface area (Å²) in [4.78, 5) is 12.9. The fourth-order valence-electron chi connectivity index (χ4n) is 3.42. The van der Waals surface area contributed by atoms with Crippen LogP contribution in [-0.4, -0.2) is 39.9 Å². The number of ether oxygens (including phenoxy) is 4. The van der Waals surface area contributed by atoms with Gasteiger partial charge in [-0.15, -0.1) is 4.98 Å². The van der Waals surface area contributed by atoms with E-state index in [-0.39, 0.29) is 17.8 Å². The van der Waals surface area contributed by atoms with E-state index in [0.29, 0.717) is 35.8 Å². The van der Waals surface area contributed by atoms with Crippen LogP contribution in [0.1, 0.15) is 37.9 Å². The standard InChI is InChI=1S/C25H25N3O5/c1-30-18-6-10-20(11-7-18)32-23-26-22(14-17-25(29)15-4-3-5-16-25)27-24(28-23)33-21-12-8-19(31-2)9-13-21/h6-13,29H,3-5,15-16H2,1-2H3. The molecule has 0 radical (unpaired) electrons. The summed E-state index contributed by atoms with van der Waals surface area (Å²) in [5.41, 5.74) is -1.03. The van der Waals surface area contributed by atoms with E-state index in [1.807, 2.05) is 0 Å². The van der Waals surface area contributed by atoms with E-state index >= 15 is 0 Å². The highest BCUT2D eigenvalue weighted by Crippen LogP contribution is 2.28. The summed E-state index contributed by atoms with van der Waals surface area (Å²) in [7, 11) is 3.19. The molecule has 8 heteroatoms. The fraction of sp³-hybridized carbons (Fsp3) is 0.320. The van der Waals surface area contributed by atoms with Gasteiger partial charge in [-0.2, -0.15) is 9.97 Å². The molecular weight excluding hydrogens is 422 g/mol. The molecule has 170 valence electrons. The Morgan fingerprint density at radius 1 is 0.697 bits per heavy atom. The molecule has 0 bridgehead atoms. The molecule has 0 unspecified atom stereocenters. The first-order valence-corrected chi connectivity index (χ1v) is 10.7. The number of aliphatic hydroxyl groups is 1. The van der Waals surface area contributed by atoms with Crippen molar-refractivity contribution in [3.63, 3.8) is 0 Å². The zero-order valence-electron chi connectivity index (χ0n) is 18.6. The average molecular weight is 447 g/mol. The van der Waals surface area contributed by atoms with Crippen LogP contribution in [0.3, 0.4) is 0 Å². The first-order valence-electron chi connectivity index (χ1n) is 10.7. The van der Waals surface area contributed by atoms with E-state index in [0.717, 1.165) is 19.3 Å². The van der Waals surface area contributed by atoms with Gasteiger partial charge in [0, 0.05) is 0 Å². The van der Waals surface area contributed by atoms with Crippen molar-refractivity contribution in [3.05, 3.63) is 54.4 Å². The van der Waals surface area contributed by atoms with Crippen LogP contribution < -0.4 is 18.9 Å². The summed E-state index contributed by atoms with van der Waals surface area (Å²) in [5, 5.41) is 10.7. The summed E-state index contributed by atoms with van der Waals surface area (Å²) in [6.45, 7) is 0. The van der Waals surface area contributed by atoms with Crippen molar-refractivity contribution in [1.82, 2.24) is 15.0 Å². The van der Waals surface area contributed by atoms with Crippen molar-refractivity contribution < 1.29 is 24.1 Å². The van der Waals surface area contributed by atoms with Crippen LogP contribution in [0.4, 0.5) is 0 Å². The van der Waals surface area contributed by atoms with Gasteiger partial charge in [0.2, 0.25) is 5.82 Å². The summed E-state index contributed by atoms with van der Waals surface area (Å²) < 4.78 is 21.9. The molecule has 33 heavy (non-hydrogen) atoms. The van der Waals surface area contributed by atoms with Gasteiger partial charge in [-0.3, -0.25) is 0 Å². The molecule has 1 fully saturated rings. The van der Waals surface area contributed by atoms with Gasteiger partial charge in [-0.1, -0.05) is 12.3 Å². The topological polar surface area (TPSA) is 95.8 Å². The van der Waals surface area contributed by atoms with Crippen molar-refractivity contribution in [2.75, 3.05) is 14.2 Å². The Bertz CT molecular complexity index is 1060. The first-order chi connectivity index (χ1) is 16.0. The summed E-state index contributed by atoms with van der Waals surface area (Å²) in [6, 6.07) is 14.1. The van der Waals surface area contributed by atoms with Gasteiger partial charge in [0.25, 0.3) is 0 Å². The maximum atomic E-state index is 10.7. The molecule has 1 heterocycles. The maximum absolute atomic E-state index is 10.7. The van der Waals surface area contributed by atoms with Gasteiger partial charge in [-0.25, -0.2) is 0 Å². The lowest BCUT2D eigenvalue weighted by molar-refractivity contribution is 0.0610. The molecule has 1 aliphatic rings. The molecule has 1 N–H and O–H groups in total. The number of benzene rings is 2. The highest BCUT2D eigenvalue weighted by Gasteiger charge is 2.26. The second kappa shape index (κ2) is 10.2. The van der Waals surface area contributed by atoms with Gasteiger partial charge >= 0.3 is 12.0 Å². The number of rotatable bonds is 6. The van der Waals surface area contributed by atoms with Gasteiger partial charge in [0.1, 0.15) is 28.6 Å². The van der Waals surface area contributed by atoms with Crippen LogP contribution in [0.15, 0.2) is 48.5 Å². The molecule has 0 saturated heterocycles. The number of hydrogen-bond acceptors (Lipinski definition) is 8. The molecule has 1 aliphatic carbocycles. The van der Waals surface area contributed by atoms with Gasteiger partial charge in [0.05, 0.1) is 14.2 Å². The maximum Gasteiger partial charge on any atom is 0.329 e. The Kier molecular flexibility index (Phi) is 6.91. The van der Waals surface area contributed by atoms with Gasteiger partial charge < -0.3 is 24.1 Å². The quantitative estimate of drug-likeness (QED) is 0.551. The van der Waals surface area contributed by atoms with Crippen molar-refractivity contribution in [2.45, 2.75) is 37.7 Å². The SMILES string of the molecule is COc1ccc(Oc2nc(C#CC3(O)CCCCC3)nc(Oc3ccc(OC)cc3)n2)cc1. The van der Waals surface area contributed by atoms with Gasteiger partial charge in [-0.05, 0) is 80.1 Å². The molecule has 0 spiro atoms. The monoisotopic (exact) mass is 447 g/mol. The molecule has 2 aromatic carbocycles. The Labute approximate surface area is 192 Å². The highest BCUT2D eigenvalue weighted by molar-refractivity contribution is 5.35. The predicted octanol–water partition coefficient (Wildman–Crippen LogP) is 4.52. The van der Waals surface area contributed by atoms with E-state index in [1.165, 1.54) is 0 Å². The van der Waals surface area contributed by atoms with Crippen LogP contribution in [0, 0.1) is 11.8 Å². The minimum Gasteiger partial charge on any atom is -0.497 e. The van der Waals surface area contributed by atoms with Crippen LogP contribution in [-0.2, 0) is 0 Å². The first kappa shape index (κ1) is 22.4. The van der Waals surface area contributed by atoms with Gasteiger partial charge in [0.15, 0.2) is 0 Å². The van der Waals surface area contributed by atoms with Crippen molar-refractivity contribution in [2.24, 2.45) is 0 Å². The third-order valence-electron chi connectivity index (χ3n) is 5.22. The normalized spacial score (nSPS) is 14.5. The number of nitrogens with zero attached hydrogens (tertiary/aromatic N) is 3. The molecule has 0 aliphatic heterocycles. The summed E-state index contributed by atoms with van der Waals surface area (Å²) in [6.07, 6.45) is 4.26. The van der Waals surface area contributed by atoms with Crippen LogP contribution >= 0.6 is 0 Å². The molecule has 3 aromatic rings. The third kappa shape index (κ3) is 6.11. The Morgan fingerprint density at radius 2 is 1.15 bits per heavy atom. The second-order valence-corrected chi connectivity index (χ2v) is 7.62. The zero-order valence-corrected chi connectivity index (χ0v) is 18.6. The lowest BCUT2D eigenvalue weighted by Crippen LogP contribution is -2.29. The van der Waals surface area contributed by atoms with Crippen LogP contribution in [0.5, 0.6) is 35.0 Å². The zero-order chi connectivity index (χ0) is 23.1. The molecule has 4 rings (SSSR count). The van der Waals surface area contributed by atoms with Crippen molar-refractivity contribution in [1.29, 1.82) is 0 Å². The van der Waals surface area contributed by atoms with E-state index in [4.69, 9.17) is 18.9 Å². The Morgan fingerprint density at radius 3 is 1.61 bits per heavy atom. The number of aromatic nitrogens is 3. The van der Waals surface area contributed by atoms with Crippen molar-refractivity contribution in [3.8, 4) is 46.9 Å². The molecule has 1 aromatic heterocycles. The van der Waals surface area contributed by atoms with Crippen LogP contribution in [0.2, 0.25) is 0 Å². The fourth-order valence-corrected chi connectivity index (χ4v) is 3.42. The largest absolute Gasteiger partial charge is 0.497 e. The number of hydrogen-bond donors (Lipinski definition) is 1. The van der Waals surface area contributed by atoms with Crippen LogP contribution in [0.25, 0.3) is 0 Å². The summed E-state index contributed by atoms with van der Waals surface area (Å²) in [5.74, 6) is 8.40. The lowest BCUT2D eigenvalue weighted by Gasteiger charge is -2.26. The predicted molar refractivity (Wildman–Crippen MR) is 121 cm³/mol. The molecule has 0 atom stereocenters. The molecule has 1 saturated carbocycles. The Hall–Kier alpha value is -3.83. The highest BCUT2D eigenvalue weighted by atomic mass is 16.5. The minimum atomic E-state index is -1.03. The number of methoxy groups -OCH3 is 2. The smallest absolute Gasteiger partial charge is 0.329 e. The third-order valence-corrected chi connectivity index (χ3v) is 5.22. The molecule has 0 amide bonds. The van der Waals surface area contributed by atoms with E-state index in [1.54, 1.807) is 62.8 Å². The van der Waals surface area contributed by atoms with Crippen molar-refractivity contribution >= 4 is 0 Å². The van der Waals surface area contributed by atoms with E-state index in [9.17, 15) is 5.11 Å². The van der Waals surface area contributed by atoms with E-state index in [2.05, 4.69) is 26.8 Å². The average Bonchev–Trinajstić information content (AvgIpc) is 2.84. The lowest BCUT2D eigenvalue weighted by atomic mass is 9.85. The minimum absolute atomic E-state index is 0.0265. The Balaban J connectivity index is 1.62. The summed E-state index contributed by atoms with van der Waals surface area (Å²) >= 11 is 0. The molecular formula is C25H25N3O5.